The van der Waals surface area contributed by atoms with Gasteiger partial charge in [-0.2, -0.15) is 0 Å². The molecule has 92 valence electrons. The normalized spacial score (nSPS) is 10.1. The van der Waals surface area contributed by atoms with Gasteiger partial charge in [-0.15, -0.1) is 6.42 Å². The molecule has 0 fully saturated rings. The van der Waals surface area contributed by atoms with Gasteiger partial charge in [0.1, 0.15) is 6.61 Å². The number of ether oxygens (including phenoxy) is 1. The van der Waals surface area contributed by atoms with E-state index >= 15 is 0 Å². The Balaban J connectivity index is 2.08. The molecule has 0 aliphatic rings. The van der Waals surface area contributed by atoms with Crippen molar-refractivity contribution in [1.82, 2.24) is 0 Å². The second-order valence-electron chi connectivity index (χ2n) is 4.24. The minimum Gasteiger partial charge on any atom is -0.369 e. The summed E-state index contributed by atoms with van der Waals surface area (Å²) in [5.41, 5.74) is 2.85. The minimum atomic E-state index is 0.443. The lowest BCUT2D eigenvalue weighted by Crippen LogP contribution is -1.95. The third-order valence-corrected chi connectivity index (χ3v) is 2.87. The van der Waals surface area contributed by atoms with Gasteiger partial charge in [0, 0.05) is 6.61 Å². The zero-order valence-corrected chi connectivity index (χ0v) is 10.7. The Morgan fingerprint density at radius 2 is 1.76 bits per heavy atom. The molecule has 0 spiro atoms. The molecule has 0 N–H and O–H groups in total. The van der Waals surface area contributed by atoms with Crippen LogP contribution in [0.5, 0.6) is 0 Å². The summed E-state index contributed by atoms with van der Waals surface area (Å²) in [6.45, 7) is 3.42. The van der Waals surface area contributed by atoms with Gasteiger partial charge in [-0.3, -0.25) is 0 Å². The van der Waals surface area contributed by atoms with Gasteiger partial charge in [0.25, 0.3) is 0 Å². The first-order valence-corrected chi connectivity index (χ1v) is 6.46. The summed E-state index contributed by atoms with van der Waals surface area (Å²) in [6, 6.07) is 8.94. The van der Waals surface area contributed by atoms with Gasteiger partial charge in [-0.05, 0) is 36.8 Å². The van der Waals surface area contributed by atoms with E-state index in [1.165, 1.54) is 30.4 Å². The maximum atomic E-state index is 5.23. The first-order valence-electron chi connectivity index (χ1n) is 6.46. The van der Waals surface area contributed by atoms with Crippen LogP contribution in [-0.4, -0.2) is 13.2 Å². The van der Waals surface area contributed by atoms with Crippen LogP contribution in [0.1, 0.15) is 37.3 Å². The van der Waals surface area contributed by atoms with Gasteiger partial charge < -0.3 is 4.74 Å². The van der Waals surface area contributed by atoms with Crippen LogP contribution >= 0.6 is 0 Å². The van der Waals surface area contributed by atoms with Gasteiger partial charge >= 0.3 is 0 Å². The van der Waals surface area contributed by atoms with E-state index in [2.05, 4.69) is 37.1 Å². The first-order chi connectivity index (χ1) is 8.36. The smallest absolute Gasteiger partial charge is 0.107 e. The zero-order chi connectivity index (χ0) is 12.3. The molecule has 1 heteroatoms. The van der Waals surface area contributed by atoms with Crippen molar-refractivity contribution in [3.05, 3.63) is 35.4 Å². The molecule has 0 aromatic heterocycles. The lowest BCUT2D eigenvalue weighted by molar-refractivity contribution is 0.162. The Morgan fingerprint density at radius 3 is 2.41 bits per heavy atom. The molecule has 0 heterocycles. The van der Waals surface area contributed by atoms with Crippen LogP contribution in [0, 0.1) is 12.3 Å². The van der Waals surface area contributed by atoms with E-state index in [0.29, 0.717) is 6.61 Å². The Morgan fingerprint density at radius 1 is 1.06 bits per heavy atom. The van der Waals surface area contributed by atoms with Gasteiger partial charge in [0.05, 0.1) is 0 Å². The number of unbranched alkanes of at least 4 members (excludes halogenated alkanes) is 2. The van der Waals surface area contributed by atoms with Crippen molar-refractivity contribution in [3.8, 4) is 12.3 Å². The lowest BCUT2D eigenvalue weighted by atomic mass is 10.0. The van der Waals surface area contributed by atoms with E-state index in [4.69, 9.17) is 11.2 Å². The molecule has 1 nitrogen and oxygen atoms in total. The number of hydrogen-bond donors (Lipinski definition) is 0. The first kappa shape index (κ1) is 13.8. The Hall–Kier alpha value is -1.26. The van der Waals surface area contributed by atoms with Gasteiger partial charge in [0.2, 0.25) is 0 Å². The molecule has 0 saturated carbocycles. The van der Waals surface area contributed by atoms with Gasteiger partial charge in [-0.25, -0.2) is 0 Å². The van der Waals surface area contributed by atoms with E-state index in [-0.39, 0.29) is 0 Å². The quantitative estimate of drug-likeness (QED) is 0.489. The predicted octanol–water partition coefficient (Wildman–Crippen LogP) is 3.61. The van der Waals surface area contributed by atoms with E-state index < -0.39 is 0 Å². The molecule has 0 atom stereocenters. The average Bonchev–Trinajstić information content (AvgIpc) is 2.38. The van der Waals surface area contributed by atoms with Crippen molar-refractivity contribution in [2.45, 2.75) is 39.0 Å². The van der Waals surface area contributed by atoms with Crippen LogP contribution in [0.2, 0.25) is 0 Å². The molecule has 0 aliphatic heterocycles. The number of aryl methyl sites for hydroxylation is 2. The summed E-state index contributed by atoms with van der Waals surface area (Å²) in [7, 11) is 0. The molecule has 1 rings (SSSR count). The van der Waals surface area contributed by atoms with E-state index in [9.17, 15) is 0 Å². The lowest BCUT2D eigenvalue weighted by Gasteiger charge is -2.03. The van der Waals surface area contributed by atoms with Crippen LogP contribution in [0.15, 0.2) is 24.3 Å². The Kier molecular flexibility index (Phi) is 7.18. The maximum Gasteiger partial charge on any atom is 0.107 e. The van der Waals surface area contributed by atoms with Crippen molar-refractivity contribution >= 4 is 0 Å². The van der Waals surface area contributed by atoms with Crippen LogP contribution < -0.4 is 0 Å². The molecule has 0 unspecified atom stereocenters. The molecule has 0 bridgehead atoms. The summed E-state index contributed by atoms with van der Waals surface area (Å²) in [5.74, 6) is 2.47. The average molecular weight is 230 g/mol. The third kappa shape index (κ3) is 6.14. The number of terminal acetylenes is 1. The van der Waals surface area contributed by atoms with Gasteiger partial charge in [0.15, 0.2) is 0 Å². The SMILES string of the molecule is C#CCOCCCCCc1ccc(CC)cc1. The molecule has 0 aliphatic carbocycles. The second-order valence-corrected chi connectivity index (χ2v) is 4.24. The summed E-state index contributed by atoms with van der Waals surface area (Å²) in [6.07, 6.45) is 10.9. The molecule has 0 amide bonds. The minimum absolute atomic E-state index is 0.443. The van der Waals surface area contributed by atoms with Gasteiger partial charge in [-0.1, -0.05) is 43.5 Å². The molecular formula is C16H22O. The van der Waals surface area contributed by atoms with Crippen molar-refractivity contribution in [3.63, 3.8) is 0 Å². The van der Waals surface area contributed by atoms with Crippen LogP contribution in [0.4, 0.5) is 0 Å². The van der Waals surface area contributed by atoms with Crippen LogP contribution in [0.25, 0.3) is 0 Å². The van der Waals surface area contributed by atoms with E-state index in [0.717, 1.165) is 19.4 Å². The fraction of sp³-hybridized carbons (Fsp3) is 0.500. The Labute approximate surface area is 105 Å². The maximum absolute atomic E-state index is 5.23. The molecule has 1 aromatic carbocycles. The molecule has 1 aromatic rings. The summed E-state index contributed by atoms with van der Waals surface area (Å²) >= 11 is 0. The van der Waals surface area contributed by atoms with Crippen molar-refractivity contribution in [1.29, 1.82) is 0 Å². The standard InChI is InChI=1S/C16H22O/c1-3-13-17-14-7-5-6-8-16-11-9-15(4-2)10-12-16/h1,9-12H,4-8,13-14H2,2H3. The largest absolute Gasteiger partial charge is 0.369 e. The molecule has 0 saturated heterocycles. The summed E-state index contributed by atoms with van der Waals surface area (Å²) in [5, 5.41) is 0. The summed E-state index contributed by atoms with van der Waals surface area (Å²) < 4.78 is 5.23. The Bertz CT molecular complexity index is 332. The number of rotatable bonds is 8. The molecule has 17 heavy (non-hydrogen) atoms. The van der Waals surface area contributed by atoms with E-state index in [1.54, 1.807) is 0 Å². The van der Waals surface area contributed by atoms with Crippen LogP contribution in [-0.2, 0) is 17.6 Å². The van der Waals surface area contributed by atoms with Crippen molar-refractivity contribution < 1.29 is 4.74 Å². The zero-order valence-electron chi connectivity index (χ0n) is 10.7. The third-order valence-electron chi connectivity index (χ3n) is 2.87. The van der Waals surface area contributed by atoms with Crippen LogP contribution in [0.3, 0.4) is 0 Å². The summed E-state index contributed by atoms with van der Waals surface area (Å²) in [4.78, 5) is 0. The highest BCUT2D eigenvalue weighted by atomic mass is 16.5. The fourth-order valence-electron chi connectivity index (χ4n) is 1.78. The number of hydrogen-bond acceptors (Lipinski definition) is 1. The predicted molar refractivity (Wildman–Crippen MR) is 73.0 cm³/mol. The fourth-order valence-corrected chi connectivity index (χ4v) is 1.78. The number of benzene rings is 1. The molecule has 0 radical (unpaired) electrons. The topological polar surface area (TPSA) is 9.23 Å². The highest BCUT2D eigenvalue weighted by Crippen LogP contribution is 2.09. The molecular weight excluding hydrogens is 208 g/mol. The second kappa shape index (κ2) is 8.84. The highest BCUT2D eigenvalue weighted by molar-refractivity contribution is 5.22. The van der Waals surface area contributed by atoms with Crippen molar-refractivity contribution in [2.75, 3.05) is 13.2 Å². The van der Waals surface area contributed by atoms with Crippen molar-refractivity contribution in [2.24, 2.45) is 0 Å². The highest BCUT2D eigenvalue weighted by Gasteiger charge is 1.94. The monoisotopic (exact) mass is 230 g/mol. The van der Waals surface area contributed by atoms with E-state index in [1.807, 2.05) is 0 Å².